The number of rotatable bonds is 5. The summed E-state index contributed by atoms with van der Waals surface area (Å²) in [7, 11) is 3.07. The number of nitrogens with one attached hydrogen (secondary N) is 2. The van der Waals surface area contributed by atoms with Gasteiger partial charge in [0.05, 0.1) is 24.9 Å². The number of ether oxygens (including phenoxy) is 2. The predicted octanol–water partition coefficient (Wildman–Crippen LogP) is 4.67. The molecule has 0 saturated heterocycles. The molecule has 4 rings (SSSR count). The maximum atomic E-state index is 10.6. The third-order valence-corrected chi connectivity index (χ3v) is 5.72. The van der Waals surface area contributed by atoms with Gasteiger partial charge in [-0.15, -0.1) is 0 Å². The van der Waals surface area contributed by atoms with Crippen LogP contribution in [0, 0.1) is 0 Å². The number of anilines is 3. The molecule has 0 aromatic heterocycles. The lowest BCUT2D eigenvalue weighted by Crippen LogP contribution is -2.25. The number of methoxy groups -OCH3 is 2. The Hall–Kier alpha value is -3.04. The van der Waals surface area contributed by atoms with Crippen LogP contribution in [0.25, 0.3) is 0 Å². The van der Waals surface area contributed by atoms with Crippen molar-refractivity contribution < 1.29 is 19.7 Å². The van der Waals surface area contributed by atoms with Gasteiger partial charge in [0.15, 0.2) is 17.6 Å². The largest absolute Gasteiger partial charge is 0.495 e. The molecule has 3 aromatic rings. The van der Waals surface area contributed by atoms with E-state index in [1.807, 2.05) is 36.4 Å². The number of halogens is 1. The zero-order valence-corrected chi connectivity index (χ0v) is 18.9. The molecule has 0 amide bonds. The van der Waals surface area contributed by atoms with E-state index >= 15 is 0 Å². The lowest BCUT2D eigenvalue weighted by atomic mass is 10.1. The highest BCUT2D eigenvalue weighted by Gasteiger charge is 2.36. The Morgan fingerprint density at radius 1 is 0.906 bits per heavy atom. The van der Waals surface area contributed by atoms with E-state index in [2.05, 4.69) is 10.6 Å². The van der Waals surface area contributed by atoms with Crippen molar-refractivity contribution in [3.63, 3.8) is 0 Å². The summed E-state index contributed by atoms with van der Waals surface area (Å²) < 4.78 is 10.6. The van der Waals surface area contributed by atoms with Crippen LogP contribution in [0.15, 0.2) is 60.7 Å². The van der Waals surface area contributed by atoms with E-state index in [1.54, 1.807) is 36.3 Å². The normalized spacial score (nSPS) is 17.0. The summed E-state index contributed by atoms with van der Waals surface area (Å²) in [4.78, 5) is 1.55. The van der Waals surface area contributed by atoms with Crippen molar-refractivity contribution in [2.45, 2.75) is 12.5 Å². The van der Waals surface area contributed by atoms with E-state index in [0.29, 0.717) is 44.1 Å². The summed E-state index contributed by atoms with van der Waals surface area (Å²) in [5.41, 5.74) is 3.38. The lowest BCUT2D eigenvalue weighted by molar-refractivity contribution is 0.110. The molecule has 0 saturated carbocycles. The fourth-order valence-corrected chi connectivity index (χ4v) is 4.12. The number of hydrogen-bond acceptors (Lipinski definition) is 6. The van der Waals surface area contributed by atoms with Crippen molar-refractivity contribution >= 4 is 46.0 Å². The number of hydrogen-bond donors (Lipinski definition) is 4. The van der Waals surface area contributed by atoms with Gasteiger partial charge in [-0.05, 0) is 42.5 Å². The topological polar surface area (TPSA) is 86.2 Å². The number of thiocarbonyl (C=S) groups is 1. The second-order valence-electron chi connectivity index (χ2n) is 7.10. The highest BCUT2D eigenvalue weighted by molar-refractivity contribution is 7.80. The quantitative estimate of drug-likeness (QED) is 0.399. The van der Waals surface area contributed by atoms with E-state index in [4.69, 9.17) is 33.3 Å². The second-order valence-corrected chi connectivity index (χ2v) is 7.91. The number of nitrogens with zero attached hydrogens (tertiary/aromatic N) is 1. The summed E-state index contributed by atoms with van der Waals surface area (Å²) in [6.07, 6.45) is -1.84. The van der Waals surface area contributed by atoms with Gasteiger partial charge in [-0.1, -0.05) is 35.9 Å². The second kappa shape index (κ2) is 9.22. The average Bonchev–Trinajstić information content (AvgIpc) is 3.05. The Balaban J connectivity index is 1.46. The predicted molar refractivity (Wildman–Crippen MR) is 130 cm³/mol. The summed E-state index contributed by atoms with van der Waals surface area (Å²) in [6, 6.07) is 17.9. The molecular weight excluding hydrogens is 450 g/mol. The van der Waals surface area contributed by atoms with Crippen molar-refractivity contribution in [1.82, 2.24) is 0 Å². The Bertz CT molecular complexity index is 1110. The standard InChI is InChI=1S/C23H22ClN3O4S/c1-30-19-12-20(31-2)18(11-17(19)24)26-23(32)25-13-7-9-14(10-8-13)27-21(28)15-5-3-4-6-16(15)22(27)29/h3-12,21-22,28-29H,1-2H3,(H2,25,26,32). The van der Waals surface area contributed by atoms with Crippen LogP contribution in [0.5, 0.6) is 11.5 Å². The van der Waals surface area contributed by atoms with Gasteiger partial charge in [-0.2, -0.15) is 0 Å². The summed E-state index contributed by atoms with van der Waals surface area (Å²) in [6.45, 7) is 0. The molecule has 3 aromatic carbocycles. The molecule has 0 radical (unpaired) electrons. The molecule has 1 aliphatic heterocycles. The van der Waals surface area contributed by atoms with Crippen molar-refractivity contribution in [1.29, 1.82) is 0 Å². The number of fused-ring (bicyclic) bond motifs is 1. The number of benzene rings is 3. The van der Waals surface area contributed by atoms with Crippen LogP contribution in [0.2, 0.25) is 5.02 Å². The molecule has 0 spiro atoms. The van der Waals surface area contributed by atoms with E-state index in [1.165, 1.54) is 7.11 Å². The van der Waals surface area contributed by atoms with Gasteiger partial charge in [-0.25, -0.2) is 0 Å². The van der Waals surface area contributed by atoms with Gasteiger partial charge < -0.3 is 35.2 Å². The minimum Gasteiger partial charge on any atom is -0.495 e. The van der Waals surface area contributed by atoms with Crippen molar-refractivity contribution in [2.75, 3.05) is 29.8 Å². The van der Waals surface area contributed by atoms with Crippen molar-refractivity contribution in [3.8, 4) is 11.5 Å². The molecule has 2 unspecified atom stereocenters. The molecule has 2 atom stereocenters. The Morgan fingerprint density at radius 2 is 1.50 bits per heavy atom. The van der Waals surface area contributed by atoms with Gasteiger partial charge >= 0.3 is 0 Å². The van der Waals surface area contributed by atoms with E-state index in [9.17, 15) is 10.2 Å². The lowest BCUT2D eigenvalue weighted by Gasteiger charge is -2.27. The van der Waals surface area contributed by atoms with Crippen LogP contribution in [0.1, 0.15) is 23.6 Å². The van der Waals surface area contributed by atoms with Crippen molar-refractivity contribution in [2.24, 2.45) is 0 Å². The Labute approximate surface area is 196 Å². The molecule has 7 nitrogen and oxygen atoms in total. The zero-order chi connectivity index (χ0) is 22.8. The molecule has 32 heavy (non-hydrogen) atoms. The highest BCUT2D eigenvalue weighted by atomic mass is 35.5. The third kappa shape index (κ3) is 4.18. The minimum absolute atomic E-state index is 0.339. The first-order valence-electron chi connectivity index (χ1n) is 9.76. The third-order valence-electron chi connectivity index (χ3n) is 5.22. The van der Waals surface area contributed by atoms with Crippen LogP contribution in [0.3, 0.4) is 0 Å². The van der Waals surface area contributed by atoms with Gasteiger partial charge in [-0.3, -0.25) is 0 Å². The maximum Gasteiger partial charge on any atom is 0.175 e. The average molecular weight is 472 g/mol. The van der Waals surface area contributed by atoms with E-state index in [0.717, 1.165) is 5.69 Å². The van der Waals surface area contributed by atoms with Crippen LogP contribution < -0.4 is 25.0 Å². The SMILES string of the molecule is COc1cc(OC)c(NC(=S)Nc2ccc(N3C(O)c4ccccc4C3O)cc2)cc1Cl. The fourth-order valence-electron chi connectivity index (χ4n) is 3.66. The van der Waals surface area contributed by atoms with Gasteiger partial charge in [0.2, 0.25) is 0 Å². The van der Waals surface area contributed by atoms with Crippen LogP contribution in [-0.4, -0.2) is 29.5 Å². The summed E-state index contributed by atoms with van der Waals surface area (Å²) in [5, 5.41) is 28.2. The van der Waals surface area contributed by atoms with Gasteiger partial charge in [0.25, 0.3) is 0 Å². The molecule has 0 fully saturated rings. The maximum absolute atomic E-state index is 10.6. The number of aliphatic hydroxyl groups excluding tert-OH is 2. The van der Waals surface area contributed by atoms with Gasteiger partial charge in [0.1, 0.15) is 11.5 Å². The van der Waals surface area contributed by atoms with Crippen molar-refractivity contribution in [3.05, 3.63) is 76.8 Å². The first kappa shape index (κ1) is 22.2. The molecular formula is C23H22ClN3O4S. The van der Waals surface area contributed by atoms with Crippen LogP contribution in [-0.2, 0) is 0 Å². The Morgan fingerprint density at radius 3 is 2.06 bits per heavy atom. The molecule has 0 bridgehead atoms. The first-order chi connectivity index (χ1) is 15.4. The van der Waals surface area contributed by atoms with Crippen LogP contribution >= 0.6 is 23.8 Å². The number of aliphatic hydroxyl groups is 2. The fraction of sp³-hybridized carbons (Fsp3) is 0.174. The zero-order valence-electron chi connectivity index (χ0n) is 17.4. The van der Waals surface area contributed by atoms with E-state index < -0.39 is 12.5 Å². The molecule has 166 valence electrons. The molecule has 1 heterocycles. The molecule has 4 N–H and O–H groups in total. The Kier molecular flexibility index (Phi) is 6.38. The molecule has 1 aliphatic rings. The van der Waals surface area contributed by atoms with Gasteiger partial charge in [0, 0.05) is 28.6 Å². The summed E-state index contributed by atoms with van der Waals surface area (Å²) in [5.74, 6) is 1.03. The molecule has 0 aliphatic carbocycles. The first-order valence-corrected chi connectivity index (χ1v) is 10.5. The minimum atomic E-state index is -0.921. The highest BCUT2D eigenvalue weighted by Crippen LogP contribution is 2.42. The monoisotopic (exact) mass is 471 g/mol. The molecule has 9 heteroatoms. The summed E-state index contributed by atoms with van der Waals surface area (Å²) >= 11 is 11.6. The van der Waals surface area contributed by atoms with Crippen LogP contribution in [0.4, 0.5) is 17.1 Å². The van der Waals surface area contributed by atoms with E-state index in [-0.39, 0.29) is 0 Å². The smallest absolute Gasteiger partial charge is 0.175 e.